The Bertz CT molecular complexity index is 899. The summed E-state index contributed by atoms with van der Waals surface area (Å²) in [6.45, 7) is 7.15. The number of quaternary nitrogens is 2. The number of piperazine rings is 1. The van der Waals surface area contributed by atoms with Gasteiger partial charge in [0.25, 0.3) is 5.91 Å². The summed E-state index contributed by atoms with van der Waals surface area (Å²) in [4.78, 5) is 15.4. The Labute approximate surface area is 168 Å². The SMILES string of the molecule is C[C@H](C(=O)Nc1sccc1C#N)[NH+]1CC[NH+](Cc2ccc3c(c2)OCO3)CC1. The number of nitrogens with one attached hydrogen (secondary N) is 3. The highest BCUT2D eigenvalue weighted by molar-refractivity contribution is 7.14. The van der Waals surface area contributed by atoms with E-state index in [9.17, 15) is 4.79 Å². The van der Waals surface area contributed by atoms with E-state index in [1.165, 1.54) is 26.7 Å². The Hall–Kier alpha value is -2.60. The van der Waals surface area contributed by atoms with Crippen LogP contribution < -0.4 is 24.6 Å². The molecule has 0 radical (unpaired) electrons. The van der Waals surface area contributed by atoms with Crippen molar-refractivity contribution in [3.05, 3.63) is 40.8 Å². The van der Waals surface area contributed by atoms with Crippen LogP contribution in [-0.4, -0.2) is 44.9 Å². The largest absolute Gasteiger partial charge is 0.454 e. The van der Waals surface area contributed by atoms with Crippen LogP contribution in [0.15, 0.2) is 29.6 Å². The number of benzene rings is 1. The summed E-state index contributed by atoms with van der Waals surface area (Å²) in [6.07, 6.45) is 0. The molecule has 0 aliphatic carbocycles. The van der Waals surface area contributed by atoms with Gasteiger partial charge < -0.3 is 24.6 Å². The molecule has 2 aromatic rings. The molecule has 28 heavy (non-hydrogen) atoms. The zero-order chi connectivity index (χ0) is 19.5. The van der Waals surface area contributed by atoms with Crippen LogP contribution in [-0.2, 0) is 11.3 Å². The Morgan fingerprint density at radius 2 is 2.04 bits per heavy atom. The minimum absolute atomic E-state index is 0.0202. The van der Waals surface area contributed by atoms with Crippen molar-refractivity contribution in [2.75, 3.05) is 38.3 Å². The third-order valence-electron chi connectivity index (χ3n) is 5.52. The highest BCUT2D eigenvalue weighted by Crippen LogP contribution is 2.32. The minimum Gasteiger partial charge on any atom is -0.454 e. The Morgan fingerprint density at radius 1 is 1.25 bits per heavy atom. The molecule has 8 heteroatoms. The fourth-order valence-corrected chi connectivity index (χ4v) is 4.51. The average Bonchev–Trinajstić information content (AvgIpc) is 3.36. The van der Waals surface area contributed by atoms with Crippen molar-refractivity contribution < 1.29 is 24.1 Å². The second-order valence-electron chi connectivity index (χ2n) is 7.26. The van der Waals surface area contributed by atoms with Crippen LogP contribution in [0.4, 0.5) is 5.00 Å². The van der Waals surface area contributed by atoms with Crippen LogP contribution in [0.5, 0.6) is 11.5 Å². The molecule has 0 unspecified atom stereocenters. The van der Waals surface area contributed by atoms with Crippen LogP contribution in [0, 0.1) is 11.3 Å². The summed E-state index contributed by atoms with van der Waals surface area (Å²) in [7, 11) is 0. The van der Waals surface area contributed by atoms with Crippen LogP contribution in [0.25, 0.3) is 0 Å². The van der Waals surface area contributed by atoms with Gasteiger partial charge in [-0.3, -0.25) is 4.79 Å². The quantitative estimate of drug-likeness (QED) is 0.642. The van der Waals surface area contributed by atoms with Gasteiger partial charge in [0, 0.05) is 5.56 Å². The van der Waals surface area contributed by atoms with E-state index in [4.69, 9.17) is 14.7 Å². The lowest BCUT2D eigenvalue weighted by Crippen LogP contribution is -3.29. The molecule has 1 aromatic carbocycles. The monoisotopic (exact) mass is 400 g/mol. The van der Waals surface area contributed by atoms with Crippen molar-refractivity contribution >= 4 is 22.2 Å². The molecule has 3 N–H and O–H groups in total. The number of rotatable bonds is 5. The van der Waals surface area contributed by atoms with Crippen molar-refractivity contribution in [2.45, 2.75) is 19.5 Å². The number of ether oxygens (including phenoxy) is 2. The molecule has 0 saturated carbocycles. The third-order valence-corrected chi connectivity index (χ3v) is 6.35. The average molecular weight is 401 g/mol. The molecule has 146 valence electrons. The molecule has 1 fully saturated rings. The van der Waals surface area contributed by atoms with Gasteiger partial charge in [0.15, 0.2) is 17.5 Å². The van der Waals surface area contributed by atoms with E-state index in [1.54, 1.807) is 6.07 Å². The lowest BCUT2D eigenvalue weighted by molar-refractivity contribution is -1.02. The predicted octanol–water partition coefficient (Wildman–Crippen LogP) is -0.341. The summed E-state index contributed by atoms with van der Waals surface area (Å²) < 4.78 is 10.8. The molecule has 1 saturated heterocycles. The first-order valence-corrected chi connectivity index (χ1v) is 10.4. The normalized spacial score (nSPS) is 21.7. The number of thiophene rings is 1. The zero-order valence-corrected chi connectivity index (χ0v) is 16.6. The van der Waals surface area contributed by atoms with Gasteiger partial charge in [-0.25, -0.2) is 0 Å². The van der Waals surface area contributed by atoms with E-state index in [0.717, 1.165) is 44.2 Å². The van der Waals surface area contributed by atoms with Gasteiger partial charge in [-0.15, -0.1) is 11.3 Å². The van der Waals surface area contributed by atoms with Crippen LogP contribution in [0.2, 0.25) is 0 Å². The molecular weight excluding hydrogens is 376 g/mol. The topological polar surface area (TPSA) is 80.2 Å². The van der Waals surface area contributed by atoms with Crippen LogP contribution >= 0.6 is 11.3 Å². The number of nitriles is 1. The summed E-state index contributed by atoms with van der Waals surface area (Å²) in [5.74, 6) is 1.63. The van der Waals surface area contributed by atoms with Gasteiger partial charge in [0.05, 0.1) is 5.56 Å². The number of hydrogen-bond donors (Lipinski definition) is 3. The van der Waals surface area contributed by atoms with E-state index in [2.05, 4.69) is 23.5 Å². The summed E-state index contributed by atoms with van der Waals surface area (Å²) >= 11 is 1.39. The maximum Gasteiger partial charge on any atom is 0.283 e. The highest BCUT2D eigenvalue weighted by Gasteiger charge is 2.31. The number of nitrogens with zero attached hydrogens (tertiary/aromatic N) is 1. The summed E-state index contributed by atoms with van der Waals surface area (Å²) in [5.41, 5.74) is 1.77. The van der Waals surface area contributed by atoms with E-state index in [1.807, 2.05) is 18.4 Å². The van der Waals surface area contributed by atoms with Crippen molar-refractivity contribution in [3.63, 3.8) is 0 Å². The number of carbonyl (C=O) groups is 1. The standard InChI is InChI=1S/C20H22N4O3S/c1-14(19(25)22-20-16(11-21)4-9-28-20)24-7-5-23(6-8-24)12-15-2-3-17-18(10-15)27-13-26-17/h2-4,9-10,14H,5-8,12-13H2,1H3,(H,22,25)/p+2/t14-/m1/s1. The second kappa shape index (κ2) is 8.19. The fourth-order valence-electron chi connectivity index (χ4n) is 3.77. The first kappa shape index (κ1) is 18.7. The van der Waals surface area contributed by atoms with Gasteiger partial charge in [-0.2, -0.15) is 5.26 Å². The molecule has 7 nitrogen and oxygen atoms in total. The lowest BCUT2D eigenvalue weighted by atomic mass is 10.1. The number of amides is 1. The van der Waals surface area contributed by atoms with Gasteiger partial charge >= 0.3 is 0 Å². The molecule has 1 atom stereocenters. The smallest absolute Gasteiger partial charge is 0.283 e. The minimum atomic E-state index is -0.138. The molecule has 0 spiro atoms. The summed E-state index contributed by atoms with van der Waals surface area (Å²) in [6, 6.07) is 9.85. The van der Waals surface area contributed by atoms with Gasteiger partial charge in [-0.1, -0.05) is 0 Å². The maximum absolute atomic E-state index is 12.6. The number of anilines is 1. The Morgan fingerprint density at radius 3 is 2.82 bits per heavy atom. The molecule has 1 amide bonds. The Balaban J connectivity index is 1.28. The lowest BCUT2D eigenvalue weighted by Gasteiger charge is -2.32. The van der Waals surface area contributed by atoms with E-state index < -0.39 is 0 Å². The number of hydrogen-bond acceptors (Lipinski definition) is 5. The highest BCUT2D eigenvalue weighted by atomic mass is 32.1. The van der Waals surface area contributed by atoms with E-state index in [-0.39, 0.29) is 11.9 Å². The predicted molar refractivity (Wildman–Crippen MR) is 105 cm³/mol. The van der Waals surface area contributed by atoms with Crippen molar-refractivity contribution in [1.29, 1.82) is 5.26 Å². The Kier molecular flexibility index (Phi) is 5.48. The van der Waals surface area contributed by atoms with E-state index in [0.29, 0.717) is 17.4 Å². The first-order chi connectivity index (χ1) is 13.6. The van der Waals surface area contributed by atoms with Gasteiger partial charge in [0.2, 0.25) is 6.79 Å². The third kappa shape index (κ3) is 3.97. The molecular formula is C20H24N4O3S+2. The van der Waals surface area contributed by atoms with E-state index >= 15 is 0 Å². The van der Waals surface area contributed by atoms with Crippen LogP contribution in [0.1, 0.15) is 18.1 Å². The van der Waals surface area contributed by atoms with Crippen molar-refractivity contribution in [2.24, 2.45) is 0 Å². The molecule has 3 heterocycles. The number of carbonyl (C=O) groups excluding carboxylic acids is 1. The zero-order valence-electron chi connectivity index (χ0n) is 15.8. The van der Waals surface area contributed by atoms with Crippen molar-refractivity contribution in [1.82, 2.24) is 0 Å². The molecule has 2 aliphatic rings. The fraction of sp³-hybridized carbons (Fsp3) is 0.400. The second-order valence-corrected chi connectivity index (χ2v) is 8.17. The number of fused-ring (bicyclic) bond motifs is 1. The molecule has 4 rings (SSSR count). The molecule has 2 aliphatic heterocycles. The van der Waals surface area contributed by atoms with Gasteiger partial charge in [0.1, 0.15) is 43.8 Å². The maximum atomic E-state index is 12.6. The van der Waals surface area contributed by atoms with Gasteiger partial charge in [-0.05, 0) is 36.6 Å². The molecule has 1 aromatic heterocycles. The molecule has 0 bridgehead atoms. The van der Waals surface area contributed by atoms with Crippen molar-refractivity contribution in [3.8, 4) is 17.6 Å². The van der Waals surface area contributed by atoms with Crippen LogP contribution in [0.3, 0.4) is 0 Å². The summed E-state index contributed by atoms with van der Waals surface area (Å²) in [5, 5.41) is 14.5. The first-order valence-electron chi connectivity index (χ1n) is 9.49.